The molecule has 2 aliphatic rings. The maximum atomic E-state index is 14.0. The molecule has 1 aliphatic carbocycles. The van der Waals surface area contributed by atoms with Crippen molar-refractivity contribution in [3.05, 3.63) is 70.0 Å². The molecule has 3 aromatic rings. The number of halogens is 1. The van der Waals surface area contributed by atoms with Crippen molar-refractivity contribution in [2.24, 2.45) is 11.0 Å². The van der Waals surface area contributed by atoms with Crippen LogP contribution in [-0.4, -0.2) is 54.8 Å². The second-order valence-electron chi connectivity index (χ2n) is 9.66. The smallest absolute Gasteiger partial charge is 0.296 e. The van der Waals surface area contributed by atoms with Crippen molar-refractivity contribution in [1.29, 1.82) is 0 Å². The van der Waals surface area contributed by atoms with Crippen LogP contribution in [0.25, 0.3) is 6.08 Å². The maximum Gasteiger partial charge on any atom is 0.296 e. The van der Waals surface area contributed by atoms with Crippen LogP contribution in [0.1, 0.15) is 53.8 Å². The van der Waals surface area contributed by atoms with Crippen LogP contribution in [0.4, 0.5) is 0 Å². The summed E-state index contributed by atoms with van der Waals surface area (Å²) in [5.41, 5.74) is 4.01. The topological polar surface area (TPSA) is 87.4 Å². The molecule has 1 fully saturated rings. The number of rotatable bonds is 8. The van der Waals surface area contributed by atoms with Crippen LogP contribution in [0.2, 0.25) is 5.02 Å². The molecule has 2 heterocycles. The Bertz CT molecular complexity index is 1480. The van der Waals surface area contributed by atoms with Gasteiger partial charge in [0.1, 0.15) is 0 Å². The monoisotopic (exact) mass is 564 g/mol. The van der Waals surface area contributed by atoms with E-state index in [0.717, 1.165) is 41.7 Å². The van der Waals surface area contributed by atoms with Gasteiger partial charge in [-0.3, -0.25) is 9.48 Å². The highest BCUT2D eigenvalue weighted by Gasteiger charge is 2.45. The Kier molecular flexibility index (Phi) is 8.02. The molecule has 1 aliphatic heterocycles. The van der Waals surface area contributed by atoms with Crippen LogP contribution in [0.15, 0.2) is 53.3 Å². The summed E-state index contributed by atoms with van der Waals surface area (Å²) in [7, 11) is 6.44. The Balaban J connectivity index is 1.60. The number of fused-ring (bicyclic) bond motifs is 1. The van der Waals surface area contributed by atoms with Crippen LogP contribution in [-0.2, 0) is 6.54 Å². The number of methoxy groups -OCH3 is 4. The molecule has 0 saturated heterocycles. The molecule has 9 nitrogen and oxygen atoms in total. The molecule has 10 heteroatoms. The van der Waals surface area contributed by atoms with Gasteiger partial charge in [-0.05, 0) is 73.2 Å². The van der Waals surface area contributed by atoms with E-state index >= 15 is 0 Å². The van der Waals surface area contributed by atoms with Crippen molar-refractivity contribution >= 4 is 29.3 Å². The first-order valence-corrected chi connectivity index (χ1v) is 13.6. The van der Waals surface area contributed by atoms with Crippen LogP contribution in [0, 0.1) is 5.92 Å². The summed E-state index contributed by atoms with van der Waals surface area (Å²) in [6.45, 7) is 2.54. The first-order chi connectivity index (χ1) is 19.4. The fraction of sp³-hybridized carbons (Fsp3) is 0.367. The molecule has 2 atom stereocenters. The molecule has 5 rings (SSSR count). The fourth-order valence-corrected chi connectivity index (χ4v) is 5.73. The normalized spacial score (nSPS) is 19.3. The number of nitrogens with zero attached hydrogens (tertiary/aromatic N) is 4. The van der Waals surface area contributed by atoms with Gasteiger partial charge in [0.15, 0.2) is 28.7 Å². The number of ether oxygens (including phenoxy) is 4. The standard InChI is InChI=1S/C30H33ClN4O5/c1-6-34-17-22(31)28(32-34)30(36)35-29(20-11-13-24(38-3)26(16-20)40-5)21-9-7-8-19(27(21)33-35)14-18-10-12-23(37-2)25(15-18)39-4/h10-17,21,29H,6-9H2,1-5H3/b19-14+/t21-,29-/m0/s1. The number of carbonyl (C=O) groups is 1. The Labute approximate surface area is 238 Å². The van der Waals surface area contributed by atoms with Gasteiger partial charge in [0.2, 0.25) is 0 Å². The largest absolute Gasteiger partial charge is 0.493 e. The molecule has 1 amide bonds. The van der Waals surface area contributed by atoms with Crippen molar-refractivity contribution in [1.82, 2.24) is 14.8 Å². The van der Waals surface area contributed by atoms with Crippen LogP contribution in [0.3, 0.4) is 0 Å². The van der Waals surface area contributed by atoms with Crippen LogP contribution >= 0.6 is 11.6 Å². The molecule has 0 N–H and O–H groups in total. The molecule has 1 aromatic heterocycles. The average Bonchev–Trinajstić information content (AvgIpc) is 3.57. The predicted octanol–water partition coefficient (Wildman–Crippen LogP) is 6.03. The number of amides is 1. The van der Waals surface area contributed by atoms with Gasteiger partial charge in [-0.2, -0.15) is 10.2 Å². The highest BCUT2D eigenvalue weighted by Crippen LogP contribution is 2.46. The zero-order valence-electron chi connectivity index (χ0n) is 23.3. The number of allylic oxidation sites excluding steroid dienone is 1. The third kappa shape index (κ3) is 5.01. The highest BCUT2D eigenvalue weighted by atomic mass is 35.5. The van der Waals surface area contributed by atoms with Gasteiger partial charge in [-0.15, -0.1) is 0 Å². The second-order valence-corrected chi connectivity index (χ2v) is 10.1. The predicted molar refractivity (Wildman–Crippen MR) is 154 cm³/mol. The summed E-state index contributed by atoms with van der Waals surface area (Å²) in [5.74, 6) is 2.16. The first-order valence-electron chi connectivity index (χ1n) is 13.2. The quantitative estimate of drug-likeness (QED) is 0.332. The number of hydrazone groups is 1. The maximum absolute atomic E-state index is 14.0. The van der Waals surface area contributed by atoms with E-state index in [-0.39, 0.29) is 23.6 Å². The molecule has 0 bridgehead atoms. The SMILES string of the molecule is CCn1cc(Cl)c(C(=O)N2N=C3/C(=C/c4ccc(OC)c(OC)c4)CCC[C@@H]3[C@@H]2c2ccc(OC)c(OC)c2)n1. The molecular weight excluding hydrogens is 532 g/mol. The minimum Gasteiger partial charge on any atom is -0.493 e. The summed E-state index contributed by atoms with van der Waals surface area (Å²) < 4.78 is 23.6. The zero-order chi connectivity index (χ0) is 28.4. The fourth-order valence-electron chi connectivity index (χ4n) is 5.49. The molecular formula is C30H33ClN4O5. The van der Waals surface area contributed by atoms with E-state index in [1.54, 1.807) is 44.3 Å². The van der Waals surface area contributed by atoms with Gasteiger partial charge in [-0.25, -0.2) is 5.01 Å². The summed E-state index contributed by atoms with van der Waals surface area (Å²) >= 11 is 6.47. The van der Waals surface area contributed by atoms with E-state index in [0.29, 0.717) is 34.6 Å². The molecule has 210 valence electrons. The first kappa shape index (κ1) is 27.6. The molecule has 1 saturated carbocycles. The Hall–Kier alpha value is -3.98. The number of aromatic nitrogens is 2. The molecule has 0 spiro atoms. The van der Waals surface area contributed by atoms with Gasteiger partial charge < -0.3 is 18.9 Å². The van der Waals surface area contributed by atoms with E-state index in [1.165, 1.54) is 0 Å². The summed E-state index contributed by atoms with van der Waals surface area (Å²) in [6.07, 6.45) is 6.46. The lowest BCUT2D eigenvalue weighted by Crippen LogP contribution is -2.32. The number of benzene rings is 2. The Morgan fingerprint density at radius 2 is 1.68 bits per heavy atom. The molecule has 40 heavy (non-hydrogen) atoms. The zero-order valence-corrected chi connectivity index (χ0v) is 24.1. The lowest BCUT2D eigenvalue weighted by atomic mass is 9.77. The van der Waals surface area contributed by atoms with Gasteiger partial charge in [0.25, 0.3) is 5.91 Å². The van der Waals surface area contributed by atoms with E-state index in [2.05, 4.69) is 11.2 Å². The highest BCUT2D eigenvalue weighted by molar-refractivity contribution is 6.33. The third-order valence-electron chi connectivity index (χ3n) is 7.45. The van der Waals surface area contributed by atoms with Gasteiger partial charge in [-0.1, -0.05) is 23.7 Å². The molecule has 0 radical (unpaired) electrons. The lowest BCUT2D eigenvalue weighted by molar-refractivity contribution is 0.0673. The molecule has 2 aromatic carbocycles. The minimum absolute atomic E-state index is 0.0192. The van der Waals surface area contributed by atoms with E-state index in [9.17, 15) is 4.79 Å². The minimum atomic E-state index is -0.362. The average molecular weight is 565 g/mol. The third-order valence-corrected chi connectivity index (χ3v) is 7.73. The lowest BCUT2D eigenvalue weighted by Gasteiger charge is -2.29. The van der Waals surface area contributed by atoms with E-state index in [4.69, 9.17) is 35.6 Å². The summed E-state index contributed by atoms with van der Waals surface area (Å²) in [5, 5.41) is 11.3. The number of aryl methyl sites for hydroxylation is 1. The number of carbonyl (C=O) groups excluding carboxylic acids is 1. The summed E-state index contributed by atoms with van der Waals surface area (Å²) in [6, 6.07) is 11.2. The molecule has 0 unspecified atom stereocenters. The Morgan fingerprint density at radius 1 is 1.00 bits per heavy atom. The van der Waals surface area contributed by atoms with Crippen molar-refractivity contribution < 1.29 is 23.7 Å². The van der Waals surface area contributed by atoms with Crippen molar-refractivity contribution in [2.45, 2.75) is 38.8 Å². The summed E-state index contributed by atoms with van der Waals surface area (Å²) in [4.78, 5) is 14.0. The van der Waals surface area contributed by atoms with Crippen molar-refractivity contribution in [3.8, 4) is 23.0 Å². The Morgan fingerprint density at radius 3 is 2.33 bits per heavy atom. The van der Waals surface area contributed by atoms with Crippen molar-refractivity contribution in [3.63, 3.8) is 0 Å². The second kappa shape index (κ2) is 11.6. The van der Waals surface area contributed by atoms with Crippen LogP contribution in [0.5, 0.6) is 23.0 Å². The van der Waals surface area contributed by atoms with Gasteiger partial charge in [0.05, 0.1) is 45.2 Å². The van der Waals surface area contributed by atoms with Crippen molar-refractivity contribution in [2.75, 3.05) is 28.4 Å². The van der Waals surface area contributed by atoms with Gasteiger partial charge in [0, 0.05) is 18.7 Å². The van der Waals surface area contributed by atoms with E-state index in [1.807, 2.05) is 43.3 Å². The van der Waals surface area contributed by atoms with Gasteiger partial charge >= 0.3 is 0 Å². The van der Waals surface area contributed by atoms with Crippen LogP contribution < -0.4 is 18.9 Å². The van der Waals surface area contributed by atoms with E-state index < -0.39 is 0 Å². The number of hydrogen-bond acceptors (Lipinski definition) is 7. The number of hydrogen-bond donors (Lipinski definition) is 0.